The Hall–Kier alpha value is -2.36. The molecule has 23 heavy (non-hydrogen) atoms. The third-order valence-corrected chi connectivity index (χ3v) is 4.47. The molecule has 2 aromatic rings. The molecule has 120 valence electrons. The molecule has 0 saturated carbocycles. The molecule has 0 bridgehead atoms. The average molecular weight is 352 g/mol. The maximum absolute atomic E-state index is 11.2. The Bertz CT molecular complexity index is 928. The zero-order valence-corrected chi connectivity index (χ0v) is 13.3. The first-order valence-corrected chi connectivity index (χ1v) is 9.18. The fourth-order valence-corrected chi connectivity index (χ4v) is 2.71. The van der Waals surface area contributed by atoms with Crippen molar-refractivity contribution in [3.63, 3.8) is 0 Å². The lowest BCUT2D eigenvalue weighted by Crippen LogP contribution is -2.11. The van der Waals surface area contributed by atoms with Crippen molar-refractivity contribution in [3.05, 3.63) is 48.5 Å². The van der Waals surface area contributed by atoms with Crippen LogP contribution in [0.4, 0.5) is 11.4 Å². The molecule has 0 heterocycles. The van der Waals surface area contributed by atoms with E-state index in [1.165, 1.54) is 48.5 Å². The number of rotatable bonds is 4. The second-order valence-electron chi connectivity index (χ2n) is 4.41. The normalized spacial score (nSPS) is 11.6. The van der Waals surface area contributed by atoms with Gasteiger partial charge in [0.05, 0.1) is 21.2 Å². The van der Waals surface area contributed by atoms with Crippen LogP contribution < -0.4 is 10.3 Å². The largest absolute Gasteiger partial charge is 0.238 e. The maximum Gasteiger partial charge on any atom is 0.238 e. The van der Waals surface area contributed by atoms with Gasteiger partial charge in [-0.1, -0.05) is 12.1 Å². The van der Waals surface area contributed by atoms with Crippen molar-refractivity contribution in [1.82, 2.24) is 0 Å². The first-order chi connectivity index (χ1) is 10.7. The van der Waals surface area contributed by atoms with E-state index in [-0.39, 0.29) is 21.2 Å². The van der Waals surface area contributed by atoms with Crippen molar-refractivity contribution >= 4 is 37.4 Å². The fourth-order valence-electron chi connectivity index (χ4n) is 1.60. The predicted octanol–water partition coefficient (Wildman–Crippen LogP) is 1.12. The van der Waals surface area contributed by atoms with Crippen molar-refractivity contribution < 1.29 is 16.8 Å². The lowest BCUT2D eigenvalue weighted by Gasteiger charge is -1.98. The highest BCUT2D eigenvalue weighted by atomic mass is 32.2. The van der Waals surface area contributed by atoms with Crippen LogP contribution in [-0.4, -0.2) is 22.8 Å². The van der Waals surface area contributed by atoms with Gasteiger partial charge < -0.3 is 0 Å². The van der Waals surface area contributed by atoms with Crippen LogP contribution in [0, 0.1) is 0 Å². The minimum absolute atomic E-state index is 0.0863. The molecule has 0 aliphatic heterocycles. The molecule has 2 aromatic carbocycles. The molecule has 0 saturated heterocycles. The highest BCUT2D eigenvalue weighted by Crippen LogP contribution is 2.18. The molecule has 2 rings (SSSR count). The van der Waals surface area contributed by atoms with Crippen molar-refractivity contribution in [3.8, 4) is 0 Å². The fraction of sp³-hybridized carbons (Fsp3) is 0. The molecule has 0 aliphatic carbocycles. The number of benzene rings is 2. The Morgan fingerprint density at radius 2 is 1.13 bits per heavy atom. The first kappa shape index (κ1) is 17.0. The number of sulfonamides is 2. The number of hydrogen-bond acceptors (Lipinski definition) is 6. The van der Waals surface area contributed by atoms with Crippen molar-refractivity contribution in [2.24, 2.45) is 20.3 Å². The van der Waals surface area contributed by atoms with Crippen LogP contribution in [0.15, 0.2) is 68.3 Å². The van der Waals surface area contributed by atoms with Crippen molar-refractivity contribution in [2.75, 3.05) is 0 Å². The van der Waals surface area contributed by atoms with Gasteiger partial charge in [-0.25, -0.2) is 27.1 Å². The van der Waals surface area contributed by atoms with Crippen molar-refractivity contribution in [2.45, 2.75) is 9.79 Å². The van der Waals surface area contributed by atoms with Gasteiger partial charge in [-0.15, -0.1) is 0 Å². The number of nitrogens with two attached hydrogens (primary N) is 2. The van der Waals surface area contributed by atoms with Gasteiger partial charge in [0.25, 0.3) is 0 Å². The van der Waals surface area contributed by atoms with Gasteiger partial charge in [0, 0.05) is 0 Å². The van der Waals surface area contributed by atoms with E-state index in [1.54, 1.807) is 0 Å². The second kappa shape index (κ2) is 6.41. The molecular formula is C13H12N4O4S2. The first-order valence-electron chi connectivity index (χ1n) is 6.08. The summed E-state index contributed by atoms with van der Waals surface area (Å²) in [6.07, 6.45) is 0. The van der Waals surface area contributed by atoms with E-state index in [1.807, 2.05) is 0 Å². The summed E-state index contributed by atoms with van der Waals surface area (Å²) in [6.45, 7) is 0. The quantitative estimate of drug-likeness (QED) is 0.794. The van der Waals surface area contributed by atoms with E-state index >= 15 is 0 Å². The zero-order valence-electron chi connectivity index (χ0n) is 11.6. The van der Waals surface area contributed by atoms with Gasteiger partial charge in [0.2, 0.25) is 20.0 Å². The smallest absolute Gasteiger partial charge is 0.225 e. The third-order valence-electron chi connectivity index (χ3n) is 2.65. The number of hydrogen-bond donors (Lipinski definition) is 2. The molecule has 0 fully saturated rings. The highest BCUT2D eigenvalue weighted by Gasteiger charge is 2.08. The van der Waals surface area contributed by atoms with Gasteiger partial charge in [0.15, 0.2) is 0 Å². The Morgan fingerprint density at radius 3 is 1.48 bits per heavy atom. The Morgan fingerprint density at radius 1 is 0.739 bits per heavy atom. The third kappa shape index (κ3) is 4.81. The summed E-state index contributed by atoms with van der Waals surface area (Å²) >= 11 is 0. The van der Waals surface area contributed by atoms with E-state index in [4.69, 9.17) is 10.3 Å². The topological polar surface area (TPSA) is 145 Å². The average Bonchev–Trinajstić information content (AvgIpc) is 2.46. The summed E-state index contributed by atoms with van der Waals surface area (Å²) in [6, 6.07) is 13.6. The number of nitrogens with zero attached hydrogens (tertiary/aromatic N) is 2. The molecule has 0 aliphatic rings. The predicted molar refractivity (Wildman–Crippen MR) is 84.8 cm³/mol. The second-order valence-corrected chi connectivity index (χ2v) is 7.53. The molecule has 8 nitrogen and oxygen atoms in total. The van der Waals surface area contributed by atoms with Crippen molar-refractivity contribution in [1.29, 1.82) is 0 Å². The molecule has 0 unspecified atom stereocenters. The maximum atomic E-state index is 11.2. The minimum Gasteiger partial charge on any atom is -0.225 e. The van der Waals surface area contributed by atoms with Crippen LogP contribution in [0.1, 0.15) is 0 Å². The van der Waals surface area contributed by atoms with Gasteiger partial charge in [-0.3, -0.25) is 0 Å². The molecule has 0 aromatic heterocycles. The molecule has 0 spiro atoms. The Balaban J connectivity index is 2.32. The lowest BCUT2D eigenvalue weighted by atomic mass is 10.3. The van der Waals surface area contributed by atoms with Crippen LogP contribution in [0.2, 0.25) is 0 Å². The Kier molecular flexibility index (Phi) is 4.73. The monoisotopic (exact) mass is 352 g/mol. The molecule has 10 heteroatoms. The minimum atomic E-state index is -3.82. The van der Waals surface area contributed by atoms with Gasteiger partial charge in [-0.2, -0.15) is 9.98 Å². The van der Waals surface area contributed by atoms with Crippen LogP contribution in [0.5, 0.6) is 0 Å². The summed E-state index contributed by atoms with van der Waals surface area (Å²) in [4.78, 5) is 7.53. The van der Waals surface area contributed by atoms with Crippen LogP contribution >= 0.6 is 0 Å². The standard InChI is InChI=1S/C13H12N4O4S2/c14-22(18,19)12-5-1-3-10(7-12)16-9-17-11-4-2-6-13(8-11)23(15,20)21/h1-8H,(H2,14,18,19)(H2,15,20,21). The summed E-state index contributed by atoms with van der Waals surface area (Å²) in [5.74, 6) is 0. The van der Waals surface area contributed by atoms with Crippen LogP contribution in [-0.2, 0) is 20.0 Å². The summed E-state index contributed by atoms with van der Waals surface area (Å²) in [5.41, 5.74) is 0.561. The molecule has 4 N–H and O–H groups in total. The van der Waals surface area contributed by atoms with Gasteiger partial charge in [0.1, 0.15) is 6.01 Å². The van der Waals surface area contributed by atoms with Gasteiger partial charge in [-0.05, 0) is 36.4 Å². The Labute approximate surface area is 133 Å². The van der Waals surface area contributed by atoms with E-state index in [0.717, 1.165) is 0 Å². The van der Waals surface area contributed by atoms with Gasteiger partial charge >= 0.3 is 0 Å². The SMILES string of the molecule is NS(=O)(=O)c1cccc(N=C=Nc2cccc(S(N)(=O)=O)c2)c1. The number of primary sulfonamides is 2. The summed E-state index contributed by atoms with van der Waals surface area (Å²) < 4.78 is 44.9. The summed E-state index contributed by atoms with van der Waals surface area (Å²) in [5, 5.41) is 10.0. The zero-order chi connectivity index (χ0) is 17.1. The van der Waals surface area contributed by atoms with Crippen LogP contribution in [0.25, 0.3) is 0 Å². The molecular weight excluding hydrogens is 340 g/mol. The van der Waals surface area contributed by atoms with E-state index in [0.29, 0.717) is 0 Å². The highest BCUT2D eigenvalue weighted by molar-refractivity contribution is 7.89. The molecule has 0 atom stereocenters. The lowest BCUT2D eigenvalue weighted by molar-refractivity contribution is 0.596. The molecule has 0 radical (unpaired) electrons. The molecule has 0 amide bonds. The van der Waals surface area contributed by atoms with E-state index in [9.17, 15) is 16.8 Å². The number of aliphatic imine (C=N–C) groups is 2. The summed E-state index contributed by atoms with van der Waals surface area (Å²) in [7, 11) is -7.65. The van der Waals surface area contributed by atoms with E-state index in [2.05, 4.69) is 16.0 Å². The van der Waals surface area contributed by atoms with Crippen LogP contribution in [0.3, 0.4) is 0 Å². The van der Waals surface area contributed by atoms with E-state index < -0.39 is 20.0 Å².